The maximum atomic E-state index is 12.9. The van der Waals surface area contributed by atoms with Crippen LogP contribution < -0.4 is 10.2 Å². The maximum Gasteiger partial charge on any atom is 0.343 e. The van der Waals surface area contributed by atoms with E-state index < -0.39 is 16.7 Å². The molecule has 3 aromatic carbocycles. The second kappa shape index (κ2) is 8.54. The molecule has 7 nitrogen and oxygen atoms in total. The van der Waals surface area contributed by atoms with Crippen molar-refractivity contribution in [3.8, 4) is 5.75 Å². The molecule has 0 aliphatic rings. The summed E-state index contributed by atoms with van der Waals surface area (Å²) in [5.74, 6) is -0.668. The molecule has 0 spiro atoms. The highest BCUT2D eigenvalue weighted by molar-refractivity contribution is 5.91. The van der Waals surface area contributed by atoms with E-state index in [0.717, 1.165) is 5.56 Å². The number of esters is 1. The van der Waals surface area contributed by atoms with E-state index in [0.29, 0.717) is 11.4 Å². The Labute approximate surface area is 159 Å². The Bertz CT molecular complexity index is 1000. The summed E-state index contributed by atoms with van der Waals surface area (Å²) in [5.41, 5.74) is 4.36. The third kappa shape index (κ3) is 4.98. The van der Waals surface area contributed by atoms with Crippen molar-refractivity contribution in [3.63, 3.8) is 0 Å². The van der Waals surface area contributed by atoms with Crippen molar-refractivity contribution in [2.75, 3.05) is 5.43 Å². The molecule has 1 N–H and O–H groups in total. The molecule has 0 aliphatic heterocycles. The number of hydrazone groups is 1. The number of ether oxygens (including phenoxy) is 1. The van der Waals surface area contributed by atoms with Gasteiger partial charge in [0.05, 0.1) is 22.4 Å². The molecular weight excluding hydrogens is 365 g/mol. The van der Waals surface area contributed by atoms with Crippen molar-refractivity contribution >= 4 is 23.6 Å². The molecular formula is C20H14FN3O4. The molecule has 0 amide bonds. The van der Waals surface area contributed by atoms with Crippen LogP contribution in [0.3, 0.4) is 0 Å². The standard InChI is InChI=1S/C20H14FN3O4/c21-16-5-3-15(4-6-16)20(25)28-19-11-1-14(2-12-19)13-22-23-17-7-9-18(10-8-17)24(26)27/h1-13,23H/b22-13+. The quantitative estimate of drug-likeness (QED) is 0.225. The Morgan fingerprint density at radius 3 is 2.25 bits per heavy atom. The molecule has 0 unspecified atom stereocenters. The normalized spacial score (nSPS) is 10.6. The highest BCUT2D eigenvalue weighted by Gasteiger charge is 2.08. The van der Waals surface area contributed by atoms with Crippen molar-refractivity contribution in [2.24, 2.45) is 5.10 Å². The van der Waals surface area contributed by atoms with Crippen LogP contribution in [0.2, 0.25) is 0 Å². The third-order valence-electron chi connectivity index (χ3n) is 3.66. The zero-order valence-electron chi connectivity index (χ0n) is 14.4. The predicted molar refractivity (Wildman–Crippen MR) is 102 cm³/mol. The molecule has 0 atom stereocenters. The molecule has 0 aliphatic carbocycles. The first-order valence-electron chi connectivity index (χ1n) is 8.12. The lowest BCUT2D eigenvalue weighted by Crippen LogP contribution is -2.08. The number of rotatable bonds is 6. The van der Waals surface area contributed by atoms with Crippen LogP contribution in [0.25, 0.3) is 0 Å². The number of anilines is 1. The number of hydrogen-bond acceptors (Lipinski definition) is 6. The molecule has 0 fully saturated rings. The van der Waals surface area contributed by atoms with Gasteiger partial charge >= 0.3 is 5.97 Å². The average molecular weight is 379 g/mol. The van der Waals surface area contributed by atoms with Crippen molar-refractivity contribution in [3.05, 3.63) is 99.9 Å². The van der Waals surface area contributed by atoms with Gasteiger partial charge in [-0.25, -0.2) is 9.18 Å². The third-order valence-corrected chi connectivity index (χ3v) is 3.66. The van der Waals surface area contributed by atoms with Gasteiger partial charge in [0.15, 0.2) is 0 Å². The Morgan fingerprint density at radius 2 is 1.64 bits per heavy atom. The van der Waals surface area contributed by atoms with Crippen LogP contribution in [-0.4, -0.2) is 17.1 Å². The molecule has 140 valence electrons. The van der Waals surface area contributed by atoms with E-state index in [1.54, 1.807) is 42.6 Å². The van der Waals surface area contributed by atoms with Crippen LogP contribution in [0.15, 0.2) is 77.9 Å². The summed E-state index contributed by atoms with van der Waals surface area (Å²) >= 11 is 0. The highest BCUT2D eigenvalue weighted by Crippen LogP contribution is 2.16. The lowest BCUT2D eigenvalue weighted by molar-refractivity contribution is -0.384. The zero-order valence-corrected chi connectivity index (χ0v) is 14.4. The summed E-state index contributed by atoms with van der Waals surface area (Å²) in [5, 5.41) is 14.7. The van der Waals surface area contributed by atoms with Gasteiger partial charge in [-0.2, -0.15) is 5.10 Å². The Morgan fingerprint density at radius 1 is 1.00 bits per heavy atom. The van der Waals surface area contributed by atoms with Crippen LogP contribution in [0.5, 0.6) is 5.75 Å². The number of nitro benzene ring substituents is 1. The number of nitrogens with zero attached hydrogens (tertiary/aromatic N) is 2. The summed E-state index contributed by atoms with van der Waals surface area (Å²) in [4.78, 5) is 22.1. The highest BCUT2D eigenvalue weighted by atomic mass is 19.1. The number of nitro groups is 1. The van der Waals surface area contributed by atoms with Gasteiger partial charge in [0.2, 0.25) is 0 Å². The average Bonchev–Trinajstić information content (AvgIpc) is 2.70. The second-order valence-electron chi connectivity index (χ2n) is 5.64. The van der Waals surface area contributed by atoms with Gasteiger partial charge in [0.1, 0.15) is 11.6 Å². The number of carbonyl (C=O) groups excluding carboxylic acids is 1. The molecule has 0 saturated heterocycles. The first-order chi connectivity index (χ1) is 13.5. The van der Waals surface area contributed by atoms with E-state index >= 15 is 0 Å². The zero-order chi connectivity index (χ0) is 19.9. The molecule has 0 saturated carbocycles. The van der Waals surface area contributed by atoms with Gasteiger partial charge < -0.3 is 4.74 Å². The first kappa shape index (κ1) is 18.7. The van der Waals surface area contributed by atoms with E-state index in [-0.39, 0.29) is 11.3 Å². The molecule has 3 aromatic rings. The van der Waals surface area contributed by atoms with Crippen LogP contribution in [0.4, 0.5) is 15.8 Å². The van der Waals surface area contributed by atoms with E-state index in [1.807, 2.05) is 0 Å². The number of nitrogens with one attached hydrogen (secondary N) is 1. The predicted octanol–water partition coefficient (Wildman–Crippen LogP) is 4.40. The first-order valence-corrected chi connectivity index (χ1v) is 8.12. The lowest BCUT2D eigenvalue weighted by atomic mass is 10.2. The monoisotopic (exact) mass is 379 g/mol. The van der Waals surface area contributed by atoms with Gasteiger partial charge in [-0.15, -0.1) is 0 Å². The molecule has 28 heavy (non-hydrogen) atoms. The fraction of sp³-hybridized carbons (Fsp3) is 0. The minimum absolute atomic E-state index is 0.000280. The molecule has 0 bridgehead atoms. The largest absolute Gasteiger partial charge is 0.423 e. The molecule has 3 rings (SSSR count). The van der Waals surface area contributed by atoms with Crippen molar-refractivity contribution in [1.29, 1.82) is 0 Å². The summed E-state index contributed by atoms with van der Waals surface area (Å²) in [6.07, 6.45) is 1.55. The van der Waals surface area contributed by atoms with Gasteiger partial charge in [0, 0.05) is 12.1 Å². The Hall–Kier alpha value is -4.07. The van der Waals surface area contributed by atoms with E-state index in [9.17, 15) is 19.3 Å². The molecule has 0 aromatic heterocycles. The minimum Gasteiger partial charge on any atom is -0.423 e. The summed E-state index contributed by atoms with van der Waals surface area (Å²) in [6, 6.07) is 17.5. The van der Waals surface area contributed by atoms with Gasteiger partial charge in [-0.05, 0) is 66.2 Å². The second-order valence-corrected chi connectivity index (χ2v) is 5.64. The number of hydrogen-bond donors (Lipinski definition) is 1. The van der Waals surface area contributed by atoms with Crippen LogP contribution in [0, 0.1) is 15.9 Å². The van der Waals surface area contributed by atoms with E-state index in [4.69, 9.17) is 4.74 Å². The Kier molecular flexibility index (Phi) is 5.71. The Balaban J connectivity index is 1.56. The topological polar surface area (TPSA) is 93.8 Å². The van der Waals surface area contributed by atoms with Crippen LogP contribution >= 0.6 is 0 Å². The minimum atomic E-state index is -0.582. The molecule has 0 radical (unpaired) electrons. The smallest absolute Gasteiger partial charge is 0.343 e. The number of non-ortho nitro benzene ring substituents is 1. The van der Waals surface area contributed by atoms with Gasteiger partial charge in [-0.1, -0.05) is 0 Å². The number of halogens is 1. The van der Waals surface area contributed by atoms with Crippen LogP contribution in [-0.2, 0) is 0 Å². The molecule has 8 heteroatoms. The van der Waals surface area contributed by atoms with Crippen molar-refractivity contribution in [2.45, 2.75) is 0 Å². The van der Waals surface area contributed by atoms with Crippen molar-refractivity contribution < 1.29 is 18.8 Å². The summed E-state index contributed by atoms with van der Waals surface area (Å²) < 4.78 is 18.1. The van der Waals surface area contributed by atoms with E-state index in [1.165, 1.54) is 36.4 Å². The fourth-order valence-corrected chi connectivity index (χ4v) is 2.21. The number of carbonyl (C=O) groups is 1. The lowest BCUT2D eigenvalue weighted by Gasteiger charge is -2.04. The van der Waals surface area contributed by atoms with Gasteiger partial charge in [0.25, 0.3) is 5.69 Å². The maximum absolute atomic E-state index is 12.9. The number of benzene rings is 3. The van der Waals surface area contributed by atoms with Crippen LogP contribution in [0.1, 0.15) is 15.9 Å². The summed E-state index contributed by atoms with van der Waals surface area (Å²) in [6.45, 7) is 0. The summed E-state index contributed by atoms with van der Waals surface area (Å²) in [7, 11) is 0. The van der Waals surface area contributed by atoms with E-state index in [2.05, 4.69) is 10.5 Å². The fourth-order valence-electron chi connectivity index (χ4n) is 2.21. The van der Waals surface area contributed by atoms with Gasteiger partial charge in [-0.3, -0.25) is 15.5 Å². The molecule has 0 heterocycles. The SMILES string of the molecule is O=C(Oc1ccc(/C=N/Nc2ccc([N+](=O)[O-])cc2)cc1)c1ccc(F)cc1. The van der Waals surface area contributed by atoms with Crippen molar-refractivity contribution in [1.82, 2.24) is 0 Å².